The Balaban J connectivity index is 2.46. The molecule has 0 spiro atoms. The Hall–Kier alpha value is -0.890. The lowest BCUT2D eigenvalue weighted by Gasteiger charge is -2.20. The summed E-state index contributed by atoms with van der Waals surface area (Å²) in [7, 11) is 0. The summed E-state index contributed by atoms with van der Waals surface area (Å²) < 4.78 is 12.7. The highest BCUT2D eigenvalue weighted by atomic mass is 19.1. The molecule has 0 bridgehead atoms. The van der Waals surface area contributed by atoms with E-state index in [0.717, 1.165) is 12.1 Å². The average Bonchev–Trinajstić information content (AvgIpc) is 2.26. The molecule has 0 aliphatic carbocycles. The van der Waals surface area contributed by atoms with Gasteiger partial charge in [0.15, 0.2) is 0 Å². The topological polar surface area (TPSA) is 12.0 Å². The Bertz CT molecular complexity index is 305. The van der Waals surface area contributed by atoms with Crippen molar-refractivity contribution in [3.8, 4) is 0 Å². The molecule has 1 N–H and O–H groups in total. The normalized spacial score (nSPS) is 15.1. The van der Waals surface area contributed by atoms with Crippen LogP contribution in [0, 0.1) is 17.7 Å². The molecule has 2 unspecified atom stereocenters. The van der Waals surface area contributed by atoms with Gasteiger partial charge in [0.1, 0.15) is 5.82 Å². The number of hydrogen-bond acceptors (Lipinski definition) is 1. The van der Waals surface area contributed by atoms with E-state index in [1.165, 1.54) is 12.1 Å². The van der Waals surface area contributed by atoms with Gasteiger partial charge in [-0.25, -0.2) is 4.39 Å². The Morgan fingerprint density at radius 2 is 1.62 bits per heavy atom. The van der Waals surface area contributed by atoms with Crippen LogP contribution in [-0.2, 0) is 0 Å². The van der Waals surface area contributed by atoms with E-state index in [-0.39, 0.29) is 11.9 Å². The fourth-order valence-corrected chi connectivity index (χ4v) is 1.47. The molecule has 0 saturated heterocycles. The van der Waals surface area contributed by atoms with Gasteiger partial charge >= 0.3 is 0 Å². The molecule has 0 radical (unpaired) electrons. The smallest absolute Gasteiger partial charge is 0.123 e. The fourth-order valence-electron chi connectivity index (χ4n) is 1.47. The van der Waals surface area contributed by atoms with Gasteiger partial charge in [0.05, 0.1) is 0 Å². The molecule has 0 aliphatic rings. The first-order valence-corrected chi connectivity index (χ1v) is 5.99. The molecule has 1 nitrogen and oxygen atoms in total. The number of nitrogens with one attached hydrogen (secondary N) is 1. The van der Waals surface area contributed by atoms with Gasteiger partial charge in [-0.05, 0) is 43.0 Å². The molecular weight excluding hydrogens is 201 g/mol. The molecule has 2 atom stereocenters. The summed E-state index contributed by atoms with van der Waals surface area (Å²) >= 11 is 0. The molecule has 2 heteroatoms. The van der Waals surface area contributed by atoms with E-state index >= 15 is 0 Å². The number of rotatable bonds is 5. The molecular formula is C14H22FN. The minimum atomic E-state index is -0.175. The predicted octanol–water partition coefficient (Wildman–Crippen LogP) is 3.77. The second kappa shape index (κ2) is 6.00. The quantitative estimate of drug-likeness (QED) is 0.801. The SMILES string of the molecule is CC(NCC(C)C(C)C)c1ccc(F)cc1. The zero-order chi connectivity index (χ0) is 12.1. The van der Waals surface area contributed by atoms with Crippen molar-refractivity contribution in [3.05, 3.63) is 35.6 Å². The maximum absolute atomic E-state index is 12.7. The van der Waals surface area contributed by atoms with E-state index in [0.29, 0.717) is 11.8 Å². The van der Waals surface area contributed by atoms with E-state index in [9.17, 15) is 4.39 Å². The monoisotopic (exact) mass is 223 g/mol. The van der Waals surface area contributed by atoms with Gasteiger partial charge in [0, 0.05) is 6.04 Å². The van der Waals surface area contributed by atoms with Crippen LogP contribution in [0.2, 0.25) is 0 Å². The molecule has 0 aromatic heterocycles. The second-order valence-electron chi connectivity index (χ2n) is 4.90. The van der Waals surface area contributed by atoms with Crippen LogP contribution in [0.15, 0.2) is 24.3 Å². The lowest BCUT2D eigenvalue weighted by molar-refractivity contribution is 0.375. The van der Waals surface area contributed by atoms with Crippen LogP contribution < -0.4 is 5.32 Å². The van der Waals surface area contributed by atoms with E-state index < -0.39 is 0 Å². The Labute approximate surface area is 98.1 Å². The third kappa shape index (κ3) is 3.93. The van der Waals surface area contributed by atoms with Crippen LogP contribution in [0.25, 0.3) is 0 Å². The summed E-state index contributed by atoms with van der Waals surface area (Å²) in [6, 6.07) is 6.99. The van der Waals surface area contributed by atoms with Crippen LogP contribution in [0.5, 0.6) is 0 Å². The summed E-state index contributed by atoms with van der Waals surface area (Å²) in [5.74, 6) is 1.17. The second-order valence-corrected chi connectivity index (χ2v) is 4.90. The standard InChI is InChI=1S/C14H22FN/c1-10(2)11(3)9-16-12(4)13-5-7-14(15)8-6-13/h5-8,10-12,16H,9H2,1-4H3. The number of hydrogen-bond donors (Lipinski definition) is 1. The van der Waals surface area contributed by atoms with Crippen molar-refractivity contribution in [2.45, 2.75) is 33.7 Å². The van der Waals surface area contributed by atoms with E-state index in [2.05, 4.69) is 33.0 Å². The summed E-state index contributed by atoms with van der Waals surface area (Å²) in [6.45, 7) is 9.81. The zero-order valence-electron chi connectivity index (χ0n) is 10.6. The van der Waals surface area contributed by atoms with E-state index in [1.54, 1.807) is 0 Å². The van der Waals surface area contributed by atoms with Crippen LogP contribution in [0.3, 0.4) is 0 Å². The molecule has 0 amide bonds. The van der Waals surface area contributed by atoms with Gasteiger partial charge < -0.3 is 5.32 Å². The van der Waals surface area contributed by atoms with Crippen LogP contribution >= 0.6 is 0 Å². The lowest BCUT2D eigenvalue weighted by atomic mass is 9.97. The molecule has 1 aromatic rings. The van der Waals surface area contributed by atoms with Crippen LogP contribution in [-0.4, -0.2) is 6.54 Å². The number of benzene rings is 1. The van der Waals surface area contributed by atoms with Gasteiger partial charge in [-0.15, -0.1) is 0 Å². The highest BCUT2D eigenvalue weighted by molar-refractivity contribution is 5.19. The first-order valence-electron chi connectivity index (χ1n) is 5.99. The summed E-state index contributed by atoms with van der Waals surface area (Å²) in [5, 5.41) is 3.48. The lowest BCUT2D eigenvalue weighted by Crippen LogP contribution is -2.26. The third-order valence-electron chi connectivity index (χ3n) is 3.25. The molecule has 1 rings (SSSR count). The van der Waals surface area contributed by atoms with Crippen molar-refractivity contribution in [3.63, 3.8) is 0 Å². The van der Waals surface area contributed by atoms with Gasteiger partial charge in [-0.3, -0.25) is 0 Å². The minimum absolute atomic E-state index is 0.175. The van der Waals surface area contributed by atoms with Crippen molar-refractivity contribution >= 4 is 0 Å². The Morgan fingerprint density at radius 3 is 2.12 bits per heavy atom. The molecule has 90 valence electrons. The van der Waals surface area contributed by atoms with Crippen molar-refractivity contribution in [1.29, 1.82) is 0 Å². The maximum atomic E-state index is 12.7. The average molecular weight is 223 g/mol. The fraction of sp³-hybridized carbons (Fsp3) is 0.571. The van der Waals surface area contributed by atoms with E-state index in [1.807, 2.05) is 12.1 Å². The van der Waals surface area contributed by atoms with Crippen LogP contribution in [0.1, 0.15) is 39.3 Å². The van der Waals surface area contributed by atoms with Crippen LogP contribution in [0.4, 0.5) is 4.39 Å². The third-order valence-corrected chi connectivity index (χ3v) is 3.25. The first kappa shape index (κ1) is 13.2. The zero-order valence-corrected chi connectivity index (χ0v) is 10.6. The molecule has 0 fully saturated rings. The summed E-state index contributed by atoms with van der Waals surface area (Å²) in [6.07, 6.45) is 0. The molecule has 16 heavy (non-hydrogen) atoms. The largest absolute Gasteiger partial charge is 0.310 e. The highest BCUT2D eigenvalue weighted by Crippen LogP contribution is 2.15. The summed E-state index contributed by atoms with van der Waals surface area (Å²) in [5.41, 5.74) is 1.14. The molecule has 0 aliphatic heterocycles. The van der Waals surface area contributed by atoms with Crippen molar-refractivity contribution in [2.75, 3.05) is 6.54 Å². The summed E-state index contributed by atoms with van der Waals surface area (Å²) in [4.78, 5) is 0. The predicted molar refractivity (Wildman–Crippen MR) is 66.8 cm³/mol. The first-order chi connectivity index (χ1) is 7.50. The van der Waals surface area contributed by atoms with Gasteiger partial charge in [0.25, 0.3) is 0 Å². The Morgan fingerprint density at radius 1 is 1.06 bits per heavy atom. The molecule has 1 aromatic carbocycles. The van der Waals surface area contributed by atoms with Crippen molar-refractivity contribution < 1.29 is 4.39 Å². The van der Waals surface area contributed by atoms with Gasteiger partial charge in [0.2, 0.25) is 0 Å². The van der Waals surface area contributed by atoms with Gasteiger partial charge in [-0.1, -0.05) is 32.9 Å². The number of halogens is 1. The van der Waals surface area contributed by atoms with Crippen molar-refractivity contribution in [2.24, 2.45) is 11.8 Å². The minimum Gasteiger partial charge on any atom is -0.310 e. The molecule has 0 heterocycles. The Kier molecular flexibility index (Phi) is 4.94. The van der Waals surface area contributed by atoms with E-state index in [4.69, 9.17) is 0 Å². The van der Waals surface area contributed by atoms with Gasteiger partial charge in [-0.2, -0.15) is 0 Å². The maximum Gasteiger partial charge on any atom is 0.123 e. The van der Waals surface area contributed by atoms with Crippen molar-refractivity contribution in [1.82, 2.24) is 5.32 Å². The molecule has 0 saturated carbocycles. The highest BCUT2D eigenvalue weighted by Gasteiger charge is 2.10.